The highest BCUT2D eigenvalue weighted by atomic mass is 19.1. The quantitative estimate of drug-likeness (QED) is 0.811. The van der Waals surface area contributed by atoms with Crippen molar-refractivity contribution in [2.45, 2.75) is 6.42 Å². The van der Waals surface area contributed by atoms with E-state index < -0.39 is 0 Å². The van der Waals surface area contributed by atoms with Gasteiger partial charge in [-0.1, -0.05) is 6.08 Å². The Labute approximate surface area is 112 Å². The minimum absolute atomic E-state index is 0.285. The molecule has 0 bridgehead atoms. The zero-order valence-electron chi connectivity index (χ0n) is 11.4. The number of hydrogen-bond acceptors (Lipinski definition) is 2. The van der Waals surface area contributed by atoms with Crippen molar-refractivity contribution in [1.29, 1.82) is 0 Å². The highest BCUT2D eigenvalue weighted by Gasteiger charge is 2.13. The SMILES string of the molecule is C=CCN(C)CCc1c[nH]c2ccc(OC)c(F)c12. The molecule has 0 spiro atoms. The van der Waals surface area contributed by atoms with Crippen LogP contribution in [-0.2, 0) is 6.42 Å². The van der Waals surface area contributed by atoms with Gasteiger partial charge in [0, 0.05) is 30.2 Å². The van der Waals surface area contributed by atoms with Gasteiger partial charge in [0.25, 0.3) is 0 Å². The summed E-state index contributed by atoms with van der Waals surface area (Å²) < 4.78 is 19.3. The number of likely N-dealkylation sites (N-methyl/N-ethyl adjacent to an activating group) is 1. The number of aromatic nitrogens is 1. The molecule has 19 heavy (non-hydrogen) atoms. The zero-order valence-corrected chi connectivity index (χ0v) is 11.4. The molecule has 2 aromatic rings. The summed E-state index contributed by atoms with van der Waals surface area (Å²) in [7, 11) is 3.50. The first-order valence-electron chi connectivity index (χ1n) is 6.29. The van der Waals surface area contributed by atoms with Crippen LogP contribution in [0.25, 0.3) is 10.9 Å². The lowest BCUT2D eigenvalue weighted by atomic mass is 10.1. The number of nitrogens with one attached hydrogen (secondary N) is 1. The third kappa shape index (κ3) is 2.79. The summed E-state index contributed by atoms with van der Waals surface area (Å²) in [5.41, 5.74) is 1.78. The number of ether oxygens (including phenoxy) is 1. The monoisotopic (exact) mass is 262 g/mol. The number of halogens is 1. The maximum absolute atomic E-state index is 14.3. The summed E-state index contributed by atoms with van der Waals surface area (Å²) in [6.45, 7) is 5.39. The Morgan fingerprint density at radius 3 is 2.95 bits per heavy atom. The molecule has 0 aliphatic rings. The van der Waals surface area contributed by atoms with Gasteiger partial charge in [-0.2, -0.15) is 0 Å². The number of rotatable bonds is 6. The molecule has 0 unspecified atom stereocenters. The van der Waals surface area contributed by atoms with Gasteiger partial charge in [0.1, 0.15) is 0 Å². The molecular formula is C15H19FN2O. The van der Waals surface area contributed by atoms with Crippen LogP contribution in [0.3, 0.4) is 0 Å². The Kier molecular flexibility index (Phi) is 4.22. The van der Waals surface area contributed by atoms with Crippen LogP contribution in [0.1, 0.15) is 5.56 Å². The third-order valence-electron chi connectivity index (χ3n) is 3.25. The van der Waals surface area contributed by atoms with Gasteiger partial charge >= 0.3 is 0 Å². The van der Waals surface area contributed by atoms with Crippen molar-refractivity contribution >= 4 is 10.9 Å². The molecule has 3 nitrogen and oxygen atoms in total. The average molecular weight is 262 g/mol. The van der Waals surface area contributed by atoms with Crippen molar-refractivity contribution in [3.05, 3.63) is 42.4 Å². The molecule has 0 saturated carbocycles. The second-order valence-corrected chi connectivity index (χ2v) is 4.62. The predicted molar refractivity (Wildman–Crippen MR) is 76.2 cm³/mol. The van der Waals surface area contributed by atoms with Gasteiger partial charge in [-0.05, 0) is 31.2 Å². The van der Waals surface area contributed by atoms with Crippen molar-refractivity contribution in [2.24, 2.45) is 0 Å². The van der Waals surface area contributed by atoms with Gasteiger partial charge in [0.15, 0.2) is 11.6 Å². The molecular weight excluding hydrogens is 243 g/mol. The number of benzene rings is 1. The van der Waals surface area contributed by atoms with Gasteiger partial charge in [-0.3, -0.25) is 0 Å². The number of aromatic amines is 1. The number of hydrogen-bond donors (Lipinski definition) is 1. The summed E-state index contributed by atoms with van der Waals surface area (Å²) in [4.78, 5) is 5.24. The molecule has 1 N–H and O–H groups in total. The zero-order chi connectivity index (χ0) is 13.8. The Balaban J connectivity index is 2.26. The maximum Gasteiger partial charge on any atom is 0.174 e. The number of fused-ring (bicyclic) bond motifs is 1. The minimum atomic E-state index is -0.289. The van der Waals surface area contributed by atoms with Crippen molar-refractivity contribution < 1.29 is 9.13 Å². The van der Waals surface area contributed by atoms with Crippen LogP contribution in [0.15, 0.2) is 31.0 Å². The Bertz CT molecular complexity index is 577. The molecule has 102 valence electrons. The normalized spacial score (nSPS) is 11.2. The summed E-state index contributed by atoms with van der Waals surface area (Å²) >= 11 is 0. The van der Waals surface area contributed by atoms with Gasteiger partial charge in [-0.15, -0.1) is 6.58 Å². The topological polar surface area (TPSA) is 28.3 Å². The summed E-state index contributed by atoms with van der Waals surface area (Å²) in [5, 5.41) is 0.631. The highest BCUT2D eigenvalue weighted by molar-refractivity contribution is 5.85. The van der Waals surface area contributed by atoms with Gasteiger partial charge in [0.2, 0.25) is 0 Å². The molecule has 1 aromatic heterocycles. The Morgan fingerprint density at radius 2 is 2.26 bits per heavy atom. The van der Waals surface area contributed by atoms with E-state index in [1.807, 2.05) is 25.4 Å². The van der Waals surface area contributed by atoms with Crippen LogP contribution in [-0.4, -0.2) is 37.1 Å². The van der Waals surface area contributed by atoms with E-state index in [-0.39, 0.29) is 11.6 Å². The lowest BCUT2D eigenvalue weighted by Gasteiger charge is -2.13. The van der Waals surface area contributed by atoms with E-state index in [0.29, 0.717) is 5.39 Å². The molecule has 4 heteroatoms. The average Bonchev–Trinajstić information content (AvgIpc) is 2.81. The fourth-order valence-corrected chi connectivity index (χ4v) is 2.21. The van der Waals surface area contributed by atoms with Crippen molar-refractivity contribution in [1.82, 2.24) is 9.88 Å². The van der Waals surface area contributed by atoms with E-state index in [1.54, 1.807) is 6.07 Å². The number of nitrogens with zero attached hydrogens (tertiary/aromatic N) is 1. The van der Waals surface area contributed by atoms with Crippen molar-refractivity contribution in [2.75, 3.05) is 27.2 Å². The van der Waals surface area contributed by atoms with Crippen molar-refractivity contribution in [3.8, 4) is 5.75 Å². The molecule has 0 aliphatic heterocycles. The first kappa shape index (κ1) is 13.6. The van der Waals surface area contributed by atoms with E-state index in [0.717, 1.165) is 30.6 Å². The number of H-pyrrole nitrogens is 1. The first-order chi connectivity index (χ1) is 9.17. The molecule has 0 saturated heterocycles. The fraction of sp³-hybridized carbons (Fsp3) is 0.333. The second-order valence-electron chi connectivity index (χ2n) is 4.62. The minimum Gasteiger partial charge on any atom is -0.494 e. The van der Waals surface area contributed by atoms with Gasteiger partial charge in [-0.25, -0.2) is 4.39 Å². The van der Waals surface area contributed by atoms with E-state index in [9.17, 15) is 4.39 Å². The highest BCUT2D eigenvalue weighted by Crippen LogP contribution is 2.28. The summed E-state index contributed by atoms with van der Waals surface area (Å²) in [6, 6.07) is 3.48. The molecule has 0 amide bonds. The lowest BCUT2D eigenvalue weighted by Crippen LogP contribution is -2.20. The largest absolute Gasteiger partial charge is 0.494 e. The van der Waals surface area contributed by atoms with Crippen LogP contribution in [0.4, 0.5) is 4.39 Å². The van der Waals surface area contributed by atoms with Crippen LogP contribution in [0, 0.1) is 5.82 Å². The summed E-state index contributed by atoms with van der Waals surface area (Å²) in [5.74, 6) is -0.00424. The van der Waals surface area contributed by atoms with E-state index in [2.05, 4.69) is 16.5 Å². The van der Waals surface area contributed by atoms with Crippen LogP contribution >= 0.6 is 0 Å². The molecule has 2 rings (SSSR count). The maximum atomic E-state index is 14.3. The number of methoxy groups -OCH3 is 1. The van der Waals surface area contributed by atoms with Crippen LogP contribution in [0.5, 0.6) is 5.75 Å². The van der Waals surface area contributed by atoms with Crippen LogP contribution < -0.4 is 4.74 Å². The standard InChI is InChI=1S/C15H19FN2O/c1-4-8-18(2)9-7-11-10-17-12-5-6-13(19-3)15(16)14(11)12/h4-6,10,17H,1,7-9H2,2-3H3. The Hall–Kier alpha value is -1.81. The van der Waals surface area contributed by atoms with E-state index in [1.165, 1.54) is 7.11 Å². The molecule has 1 heterocycles. The molecule has 0 atom stereocenters. The van der Waals surface area contributed by atoms with E-state index in [4.69, 9.17) is 4.74 Å². The molecule has 1 aromatic carbocycles. The van der Waals surface area contributed by atoms with Crippen LogP contribution in [0.2, 0.25) is 0 Å². The van der Waals surface area contributed by atoms with E-state index >= 15 is 0 Å². The second kappa shape index (κ2) is 5.89. The smallest absolute Gasteiger partial charge is 0.174 e. The lowest BCUT2D eigenvalue weighted by molar-refractivity contribution is 0.375. The molecule has 0 aliphatic carbocycles. The third-order valence-corrected chi connectivity index (χ3v) is 3.25. The molecule has 0 radical (unpaired) electrons. The molecule has 0 fully saturated rings. The van der Waals surface area contributed by atoms with Gasteiger partial charge in [0.05, 0.1) is 7.11 Å². The van der Waals surface area contributed by atoms with Crippen molar-refractivity contribution in [3.63, 3.8) is 0 Å². The fourth-order valence-electron chi connectivity index (χ4n) is 2.21. The summed E-state index contributed by atoms with van der Waals surface area (Å²) in [6.07, 6.45) is 4.52. The predicted octanol–water partition coefficient (Wildman–Crippen LogP) is 2.98. The Morgan fingerprint density at radius 1 is 1.47 bits per heavy atom. The van der Waals surface area contributed by atoms with Gasteiger partial charge < -0.3 is 14.6 Å². The first-order valence-corrected chi connectivity index (χ1v) is 6.29.